The second-order valence-electron chi connectivity index (χ2n) is 7.87. The van der Waals surface area contributed by atoms with Gasteiger partial charge in [0.2, 0.25) is 0 Å². The van der Waals surface area contributed by atoms with Crippen molar-refractivity contribution in [3.8, 4) is 17.2 Å². The van der Waals surface area contributed by atoms with Gasteiger partial charge in [0.1, 0.15) is 23.0 Å². The summed E-state index contributed by atoms with van der Waals surface area (Å²) in [6, 6.07) is 28.8. The second-order valence-corrected chi connectivity index (χ2v) is 7.87. The molecule has 1 aliphatic heterocycles. The minimum atomic E-state index is -0.475. The first kappa shape index (κ1) is 19.3. The highest BCUT2D eigenvalue weighted by molar-refractivity contribution is 5.92. The molecule has 0 aliphatic carbocycles. The van der Waals surface area contributed by atoms with Crippen molar-refractivity contribution in [3.63, 3.8) is 0 Å². The van der Waals surface area contributed by atoms with E-state index in [9.17, 15) is 0 Å². The molecule has 0 amide bonds. The zero-order valence-electron chi connectivity index (χ0n) is 17.9. The van der Waals surface area contributed by atoms with Crippen molar-refractivity contribution in [2.24, 2.45) is 0 Å². The van der Waals surface area contributed by atoms with Gasteiger partial charge in [-0.05, 0) is 48.0 Å². The molecule has 0 radical (unpaired) electrons. The van der Waals surface area contributed by atoms with E-state index in [1.807, 2.05) is 36.4 Å². The summed E-state index contributed by atoms with van der Waals surface area (Å²) in [4.78, 5) is 0. The number of hydrogen-bond donors (Lipinski definition) is 0. The quantitative estimate of drug-likeness (QED) is 0.381. The largest absolute Gasteiger partial charge is 0.496 e. The van der Waals surface area contributed by atoms with E-state index in [1.165, 1.54) is 10.8 Å². The molecule has 1 heterocycles. The normalized spacial score (nSPS) is 17.5. The van der Waals surface area contributed by atoms with Gasteiger partial charge in [0.15, 0.2) is 0 Å². The molecule has 5 rings (SSSR count). The Kier molecular flexibility index (Phi) is 4.67. The number of methoxy groups -OCH3 is 2. The number of ether oxygens (including phenoxy) is 3. The fourth-order valence-corrected chi connectivity index (χ4v) is 4.62. The Hall–Kier alpha value is -3.72. The van der Waals surface area contributed by atoms with Crippen LogP contribution in [0.2, 0.25) is 0 Å². The van der Waals surface area contributed by atoms with Crippen LogP contribution in [-0.2, 0) is 5.41 Å². The maximum Gasteiger partial charge on any atom is 0.135 e. The summed E-state index contributed by atoms with van der Waals surface area (Å²) >= 11 is 0. The van der Waals surface area contributed by atoms with E-state index in [2.05, 4.69) is 61.5 Å². The van der Waals surface area contributed by atoms with Gasteiger partial charge in [-0.3, -0.25) is 0 Å². The third-order valence-electron chi connectivity index (χ3n) is 6.09. The van der Waals surface area contributed by atoms with Crippen LogP contribution >= 0.6 is 0 Å². The molecular formula is C28H24O3. The monoisotopic (exact) mass is 408 g/mol. The Morgan fingerprint density at radius 3 is 2.19 bits per heavy atom. The second kappa shape index (κ2) is 7.51. The maximum absolute atomic E-state index is 6.50. The van der Waals surface area contributed by atoms with Crippen molar-refractivity contribution in [3.05, 3.63) is 108 Å². The van der Waals surface area contributed by atoms with Crippen LogP contribution in [0.5, 0.6) is 17.2 Å². The molecule has 4 aromatic rings. The molecule has 0 N–H and O–H groups in total. The van der Waals surface area contributed by atoms with Crippen LogP contribution in [0.1, 0.15) is 23.6 Å². The van der Waals surface area contributed by atoms with Crippen LogP contribution in [0.4, 0.5) is 0 Å². The third-order valence-corrected chi connectivity index (χ3v) is 6.09. The standard InChI is InChI=1S/C28H24O3/c1-28(22-13-7-9-15-24(22)30-3)18-26(21-12-6-8-14-23(21)29-2)31-25-17-16-19-10-4-5-11-20(19)27(25)28/h4-18H,1-3H3. The zero-order chi connectivity index (χ0) is 21.4. The summed E-state index contributed by atoms with van der Waals surface area (Å²) in [7, 11) is 3.40. The van der Waals surface area contributed by atoms with Gasteiger partial charge in [-0.25, -0.2) is 0 Å². The van der Waals surface area contributed by atoms with E-state index in [1.54, 1.807) is 14.2 Å². The minimum Gasteiger partial charge on any atom is -0.496 e. The lowest BCUT2D eigenvalue weighted by Gasteiger charge is -2.36. The number of benzene rings is 4. The number of hydrogen-bond acceptors (Lipinski definition) is 3. The minimum absolute atomic E-state index is 0.475. The molecule has 1 unspecified atom stereocenters. The fraction of sp³-hybridized carbons (Fsp3) is 0.143. The van der Waals surface area contributed by atoms with E-state index in [0.29, 0.717) is 0 Å². The molecule has 154 valence electrons. The molecule has 0 saturated heterocycles. The Morgan fingerprint density at radius 2 is 1.39 bits per heavy atom. The maximum atomic E-state index is 6.50. The van der Waals surface area contributed by atoms with Gasteiger partial charge in [0, 0.05) is 16.5 Å². The van der Waals surface area contributed by atoms with Crippen molar-refractivity contribution in [2.75, 3.05) is 14.2 Å². The predicted molar refractivity (Wildman–Crippen MR) is 125 cm³/mol. The lowest BCUT2D eigenvalue weighted by atomic mass is 9.72. The van der Waals surface area contributed by atoms with E-state index in [0.717, 1.165) is 39.7 Å². The molecule has 0 spiro atoms. The van der Waals surface area contributed by atoms with Crippen LogP contribution in [0, 0.1) is 0 Å². The van der Waals surface area contributed by atoms with Crippen LogP contribution in [-0.4, -0.2) is 14.2 Å². The van der Waals surface area contributed by atoms with Crippen LogP contribution in [0.25, 0.3) is 16.5 Å². The van der Waals surface area contributed by atoms with Crippen molar-refractivity contribution in [1.82, 2.24) is 0 Å². The molecule has 1 aliphatic rings. The Bertz CT molecular complexity index is 1300. The molecule has 0 aromatic heterocycles. The fourth-order valence-electron chi connectivity index (χ4n) is 4.62. The van der Waals surface area contributed by atoms with Crippen LogP contribution in [0.15, 0.2) is 91.0 Å². The number of allylic oxidation sites excluding steroid dienone is 1. The Labute approximate surface area is 182 Å². The SMILES string of the molecule is COc1ccccc1C1=CC(C)(c2ccccc2OC)c2c(ccc3ccccc23)O1. The van der Waals surface area contributed by atoms with Crippen molar-refractivity contribution in [1.29, 1.82) is 0 Å². The Morgan fingerprint density at radius 1 is 0.710 bits per heavy atom. The summed E-state index contributed by atoms with van der Waals surface area (Å²) in [6.07, 6.45) is 2.19. The molecule has 3 heteroatoms. The zero-order valence-corrected chi connectivity index (χ0v) is 17.9. The summed E-state index contributed by atoms with van der Waals surface area (Å²) < 4.78 is 17.9. The van der Waals surface area contributed by atoms with E-state index >= 15 is 0 Å². The highest BCUT2D eigenvalue weighted by Gasteiger charge is 2.38. The van der Waals surface area contributed by atoms with Gasteiger partial charge >= 0.3 is 0 Å². The van der Waals surface area contributed by atoms with Gasteiger partial charge < -0.3 is 14.2 Å². The van der Waals surface area contributed by atoms with Gasteiger partial charge in [-0.15, -0.1) is 0 Å². The summed E-state index contributed by atoms with van der Waals surface area (Å²) in [5.41, 5.74) is 2.67. The first-order valence-electron chi connectivity index (χ1n) is 10.4. The van der Waals surface area contributed by atoms with E-state index < -0.39 is 5.41 Å². The molecule has 31 heavy (non-hydrogen) atoms. The van der Waals surface area contributed by atoms with Crippen molar-refractivity contribution >= 4 is 16.5 Å². The molecule has 0 bridgehead atoms. The van der Waals surface area contributed by atoms with E-state index in [-0.39, 0.29) is 0 Å². The Balaban J connectivity index is 1.85. The molecule has 0 fully saturated rings. The number of para-hydroxylation sites is 2. The highest BCUT2D eigenvalue weighted by atomic mass is 16.5. The number of rotatable bonds is 4. The first-order valence-corrected chi connectivity index (χ1v) is 10.4. The predicted octanol–water partition coefficient (Wildman–Crippen LogP) is 6.60. The summed E-state index contributed by atoms with van der Waals surface area (Å²) in [6.45, 7) is 2.23. The molecule has 4 aromatic carbocycles. The lowest BCUT2D eigenvalue weighted by molar-refractivity contribution is 0.397. The summed E-state index contributed by atoms with van der Waals surface area (Å²) in [5.74, 6) is 3.24. The van der Waals surface area contributed by atoms with E-state index in [4.69, 9.17) is 14.2 Å². The summed E-state index contributed by atoms with van der Waals surface area (Å²) in [5, 5.41) is 2.35. The van der Waals surface area contributed by atoms with Gasteiger partial charge in [-0.2, -0.15) is 0 Å². The molecule has 0 saturated carbocycles. The highest BCUT2D eigenvalue weighted by Crippen LogP contribution is 2.51. The van der Waals surface area contributed by atoms with Crippen molar-refractivity contribution in [2.45, 2.75) is 12.3 Å². The van der Waals surface area contributed by atoms with Crippen LogP contribution in [0.3, 0.4) is 0 Å². The first-order chi connectivity index (χ1) is 15.2. The average molecular weight is 408 g/mol. The van der Waals surface area contributed by atoms with Crippen molar-refractivity contribution < 1.29 is 14.2 Å². The average Bonchev–Trinajstić information content (AvgIpc) is 2.83. The topological polar surface area (TPSA) is 27.7 Å². The lowest BCUT2D eigenvalue weighted by Crippen LogP contribution is -2.27. The number of fused-ring (bicyclic) bond motifs is 3. The van der Waals surface area contributed by atoms with Gasteiger partial charge in [0.05, 0.1) is 19.8 Å². The molecule has 3 nitrogen and oxygen atoms in total. The van der Waals surface area contributed by atoms with Gasteiger partial charge in [0.25, 0.3) is 0 Å². The smallest absolute Gasteiger partial charge is 0.135 e. The molecule has 1 atom stereocenters. The van der Waals surface area contributed by atoms with Gasteiger partial charge in [-0.1, -0.05) is 60.7 Å². The third kappa shape index (κ3) is 3.05. The molecular weight excluding hydrogens is 384 g/mol. The van der Waals surface area contributed by atoms with Crippen LogP contribution < -0.4 is 14.2 Å².